The number of hydrogen-bond acceptors (Lipinski definition) is 3. The maximum absolute atomic E-state index is 11.8. The Balaban J connectivity index is 3.76. The van der Waals surface area contributed by atoms with E-state index in [0.717, 1.165) is 0 Å². The van der Waals surface area contributed by atoms with Crippen LogP contribution in [0.5, 0.6) is 0 Å². The molecule has 0 rings (SSSR count). The maximum atomic E-state index is 11.8. The molecular formula is C7H13F2NO2. The zero-order valence-electron chi connectivity index (χ0n) is 6.98. The van der Waals surface area contributed by atoms with Crippen LogP contribution >= 0.6 is 0 Å². The zero-order chi connectivity index (χ0) is 9.40. The molecule has 5 heteroatoms. The largest absolute Gasteiger partial charge is 0.468 e. The van der Waals surface area contributed by atoms with Crippen LogP contribution in [0.1, 0.15) is 6.42 Å². The SMILES string of the molecule is COC(=O)[C@H](CCF)NCCF. The molecule has 0 spiro atoms. The summed E-state index contributed by atoms with van der Waals surface area (Å²) in [6.07, 6.45) is 0.0205. The lowest BCUT2D eigenvalue weighted by Gasteiger charge is -2.13. The number of esters is 1. The van der Waals surface area contributed by atoms with Gasteiger partial charge < -0.3 is 10.1 Å². The summed E-state index contributed by atoms with van der Waals surface area (Å²) in [4.78, 5) is 10.8. The maximum Gasteiger partial charge on any atom is 0.322 e. The van der Waals surface area contributed by atoms with Gasteiger partial charge in [-0.3, -0.25) is 9.18 Å². The van der Waals surface area contributed by atoms with Crippen LogP contribution in [0.3, 0.4) is 0 Å². The van der Waals surface area contributed by atoms with Gasteiger partial charge in [0.2, 0.25) is 0 Å². The summed E-state index contributed by atoms with van der Waals surface area (Å²) in [6, 6.07) is -0.726. The number of rotatable bonds is 6. The Hall–Kier alpha value is -0.710. The van der Waals surface area contributed by atoms with Crippen molar-refractivity contribution in [2.24, 2.45) is 0 Å². The van der Waals surface area contributed by atoms with Crippen molar-refractivity contribution >= 4 is 5.97 Å². The molecule has 0 amide bonds. The third-order valence-electron chi connectivity index (χ3n) is 1.37. The van der Waals surface area contributed by atoms with Crippen molar-refractivity contribution in [2.45, 2.75) is 12.5 Å². The van der Waals surface area contributed by atoms with Crippen molar-refractivity contribution in [2.75, 3.05) is 27.0 Å². The number of carbonyl (C=O) groups is 1. The third-order valence-corrected chi connectivity index (χ3v) is 1.37. The minimum Gasteiger partial charge on any atom is -0.468 e. The Labute approximate surface area is 70.1 Å². The van der Waals surface area contributed by atoms with Crippen molar-refractivity contribution < 1.29 is 18.3 Å². The van der Waals surface area contributed by atoms with E-state index in [2.05, 4.69) is 10.1 Å². The number of methoxy groups -OCH3 is 1. The molecule has 0 aliphatic carbocycles. The van der Waals surface area contributed by atoms with E-state index in [0.29, 0.717) is 0 Å². The Morgan fingerprint density at radius 1 is 1.50 bits per heavy atom. The van der Waals surface area contributed by atoms with Crippen LogP contribution in [0, 0.1) is 0 Å². The number of alkyl halides is 2. The van der Waals surface area contributed by atoms with Gasteiger partial charge in [0.25, 0.3) is 0 Å². The minimum absolute atomic E-state index is 0.0205. The van der Waals surface area contributed by atoms with Crippen LogP contribution in [-0.4, -0.2) is 39.0 Å². The molecule has 0 aromatic rings. The van der Waals surface area contributed by atoms with Crippen molar-refractivity contribution in [1.29, 1.82) is 0 Å². The molecule has 0 aliphatic rings. The summed E-state index contributed by atoms with van der Waals surface area (Å²) in [5.74, 6) is -0.555. The highest BCUT2D eigenvalue weighted by Crippen LogP contribution is 1.95. The van der Waals surface area contributed by atoms with E-state index >= 15 is 0 Å². The first kappa shape index (κ1) is 11.3. The summed E-state index contributed by atoms with van der Waals surface area (Å²) in [5, 5.41) is 2.53. The van der Waals surface area contributed by atoms with E-state index < -0.39 is 25.4 Å². The number of ether oxygens (including phenoxy) is 1. The van der Waals surface area contributed by atoms with Crippen LogP contribution < -0.4 is 5.32 Å². The molecule has 0 unspecified atom stereocenters. The molecule has 0 bridgehead atoms. The summed E-state index contributed by atoms with van der Waals surface area (Å²) in [7, 11) is 1.21. The smallest absolute Gasteiger partial charge is 0.322 e. The van der Waals surface area contributed by atoms with Crippen LogP contribution in [0.2, 0.25) is 0 Å². The van der Waals surface area contributed by atoms with E-state index in [-0.39, 0.29) is 13.0 Å². The van der Waals surface area contributed by atoms with Gasteiger partial charge in [-0.05, 0) is 0 Å². The summed E-state index contributed by atoms with van der Waals surface area (Å²) in [6.45, 7) is -1.17. The van der Waals surface area contributed by atoms with Gasteiger partial charge in [0, 0.05) is 13.0 Å². The van der Waals surface area contributed by atoms with E-state index in [1.807, 2.05) is 0 Å². The topological polar surface area (TPSA) is 38.3 Å². The van der Waals surface area contributed by atoms with Gasteiger partial charge in [0.1, 0.15) is 12.7 Å². The molecule has 72 valence electrons. The van der Waals surface area contributed by atoms with Crippen LogP contribution in [0.25, 0.3) is 0 Å². The van der Waals surface area contributed by atoms with Crippen LogP contribution in [-0.2, 0) is 9.53 Å². The van der Waals surface area contributed by atoms with E-state index in [9.17, 15) is 13.6 Å². The number of halogens is 2. The van der Waals surface area contributed by atoms with Gasteiger partial charge in [-0.25, -0.2) is 4.39 Å². The fourth-order valence-corrected chi connectivity index (χ4v) is 0.783. The number of nitrogens with one attached hydrogen (secondary N) is 1. The first-order chi connectivity index (χ1) is 5.76. The lowest BCUT2D eigenvalue weighted by atomic mass is 10.2. The minimum atomic E-state index is -0.726. The van der Waals surface area contributed by atoms with Crippen molar-refractivity contribution in [3.8, 4) is 0 Å². The van der Waals surface area contributed by atoms with Crippen molar-refractivity contribution in [3.05, 3.63) is 0 Å². The molecule has 0 saturated heterocycles. The summed E-state index contributed by atoms with van der Waals surface area (Å²) in [5.41, 5.74) is 0. The molecule has 1 N–H and O–H groups in total. The second-order valence-electron chi connectivity index (χ2n) is 2.20. The molecule has 3 nitrogen and oxygen atoms in total. The van der Waals surface area contributed by atoms with Crippen molar-refractivity contribution in [3.63, 3.8) is 0 Å². The normalized spacial score (nSPS) is 12.6. The molecule has 12 heavy (non-hydrogen) atoms. The van der Waals surface area contributed by atoms with Crippen LogP contribution in [0.15, 0.2) is 0 Å². The van der Waals surface area contributed by atoms with Gasteiger partial charge in [-0.15, -0.1) is 0 Å². The third kappa shape index (κ3) is 4.23. The Bertz CT molecular complexity index is 133. The van der Waals surface area contributed by atoms with Crippen LogP contribution in [0.4, 0.5) is 8.78 Å². The predicted octanol–water partition coefficient (Wildman–Crippen LogP) is 0.447. The van der Waals surface area contributed by atoms with E-state index in [1.54, 1.807) is 0 Å². The standard InChI is InChI=1S/C7H13F2NO2/c1-12-7(11)6(2-3-8)10-5-4-9/h6,10H,2-5H2,1H3/t6-/m0/s1. The number of hydrogen-bond donors (Lipinski definition) is 1. The first-order valence-corrected chi connectivity index (χ1v) is 3.69. The molecular weight excluding hydrogens is 168 g/mol. The predicted molar refractivity (Wildman–Crippen MR) is 40.4 cm³/mol. The first-order valence-electron chi connectivity index (χ1n) is 3.69. The van der Waals surface area contributed by atoms with Gasteiger partial charge in [0.05, 0.1) is 13.8 Å². The van der Waals surface area contributed by atoms with E-state index in [1.165, 1.54) is 7.11 Å². The average molecular weight is 181 g/mol. The van der Waals surface area contributed by atoms with E-state index in [4.69, 9.17) is 0 Å². The lowest BCUT2D eigenvalue weighted by Crippen LogP contribution is -2.39. The van der Waals surface area contributed by atoms with Gasteiger partial charge in [-0.2, -0.15) is 0 Å². The molecule has 0 fully saturated rings. The molecule has 0 aliphatic heterocycles. The highest BCUT2D eigenvalue weighted by Gasteiger charge is 2.17. The van der Waals surface area contributed by atoms with Gasteiger partial charge in [-0.1, -0.05) is 0 Å². The summed E-state index contributed by atoms with van der Waals surface area (Å²) < 4.78 is 27.8. The highest BCUT2D eigenvalue weighted by molar-refractivity contribution is 5.75. The second-order valence-corrected chi connectivity index (χ2v) is 2.20. The van der Waals surface area contributed by atoms with Gasteiger partial charge >= 0.3 is 5.97 Å². The molecule has 0 heterocycles. The Morgan fingerprint density at radius 2 is 2.17 bits per heavy atom. The fraction of sp³-hybridized carbons (Fsp3) is 0.857. The van der Waals surface area contributed by atoms with Gasteiger partial charge in [0.15, 0.2) is 0 Å². The Morgan fingerprint density at radius 3 is 2.58 bits per heavy atom. The summed E-state index contributed by atoms with van der Waals surface area (Å²) >= 11 is 0. The number of carbonyl (C=O) groups excluding carboxylic acids is 1. The molecule has 0 aromatic heterocycles. The molecule has 0 radical (unpaired) electrons. The molecule has 0 aromatic carbocycles. The second kappa shape index (κ2) is 6.97. The highest BCUT2D eigenvalue weighted by atomic mass is 19.1. The Kier molecular flexibility index (Phi) is 6.55. The lowest BCUT2D eigenvalue weighted by molar-refractivity contribution is -0.143. The fourth-order valence-electron chi connectivity index (χ4n) is 0.783. The zero-order valence-corrected chi connectivity index (χ0v) is 6.98. The molecule has 1 atom stereocenters. The monoisotopic (exact) mass is 181 g/mol. The quantitative estimate of drug-likeness (QED) is 0.604. The molecule has 0 saturated carbocycles. The average Bonchev–Trinajstić information content (AvgIpc) is 2.11. The van der Waals surface area contributed by atoms with Crippen molar-refractivity contribution in [1.82, 2.24) is 5.32 Å².